The smallest absolute Gasteiger partial charge is 0.282 e. The van der Waals surface area contributed by atoms with Crippen molar-refractivity contribution >= 4 is 17.6 Å². The number of rotatable bonds is 5. The van der Waals surface area contributed by atoms with E-state index in [0.717, 1.165) is 12.0 Å². The number of hydrogen-bond donors (Lipinski definition) is 2. The Morgan fingerprint density at radius 1 is 1.37 bits per heavy atom. The van der Waals surface area contributed by atoms with E-state index in [4.69, 9.17) is 15.2 Å². The molecule has 1 amide bonds. The number of amides is 1. The van der Waals surface area contributed by atoms with Crippen molar-refractivity contribution in [2.45, 2.75) is 25.0 Å². The third kappa shape index (κ3) is 3.49. The van der Waals surface area contributed by atoms with Crippen molar-refractivity contribution in [1.82, 2.24) is 4.98 Å². The minimum atomic E-state index is -1.22. The SMILES string of the molecule is CCc1ccc(C(=O)Nc2ccc(F)c(C34COC(CF)C3COC(N)=N4)c2)nc1. The number of benzene rings is 1. The van der Waals surface area contributed by atoms with Gasteiger partial charge in [-0.05, 0) is 36.2 Å². The van der Waals surface area contributed by atoms with Gasteiger partial charge >= 0.3 is 0 Å². The van der Waals surface area contributed by atoms with Crippen molar-refractivity contribution in [2.24, 2.45) is 16.6 Å². The summed E-state index contributed by atoms with van der Waals surface area (Å²) in [5.41, 5.74) is 6.31. The second kappa shape index (κ2) is 7.98. The molecule has 1 aromatic carbocycles. The summed E-state index contributed by atoms with van der Waals surface area (Å²) in [7, 11) is 0. The van der Waals surface area contributed by atoms with E-state index in [1.807, 2.05) is 13.0 Å². The molecule has 4 rings (SSSR count). The lowest BCUT2D eigenvalue weighted by atomic mass is 9.78. The molecule has 1 fully saturated rings. The molecule has 3 N–H and O–H groups in total. The van der Waals surface area contributed by atoms with Crippen LogP contribution in [0.4, 0.5) is 14.5 Å². The molecule has 0 spiro atoms. The van der Waals surface area contributed by atoms with E-state index in [-0.39, 0.29) is 30.5 Å². The number of anilines is 1. The quantitative estimate of drug-likeness (QED) is 0.781. The fourth-order valence-corrected chi connectivity index (χ4v) is 3.92. The van der Waals surface area contributed by atoms with Crippen LogP contribution in [0, 0.1) is 11.7 Å². The van der Waals surface area contributed by atoms with Crippen LogP contribution in [0.3, 0.4) is 0 Å². The van der Waals surface area contributed by atoms with Crippen LogP contribution >= 0.6 is 0 Å². The van der Waals surface area contributed by atoms with Crippen molar-refractivity contribution in [2.75, 3.05) is 25.2 Å². The van der Waals surface area contributed by atoms with Crippen molar-refractivity contribution in [3.8, 4) is 0 Å². The van der Waals surface area contributed by atoms with Gasteiger partial charge in [0.2, 0.25) is 0 Å². The first kappa shape index (κ1) is 20.2. The number of ether oxygens (including phenoxy) is 2. The molecule has 0 bridgehead atoms. The predicted octanol–water partition coefficient (Wildman–Crippen LogP) is 2.56. The van der Waals surface area contributed by atoms with Gasteiger partial charge in [0.05, 0.1) is 25.2 Å². The third-order valence-corrected chi connectivity index (χ3v) is 5.61. The van der Waals surface area contributed by atoms with Gasteiger partial charge in [0.25, 0.3) is 11.9 Å². The number of amidine groups is 1. The molecule has 3 heterocycles. The van der Waals surface area contributed by atoms with E-state index >= 15 is 0 Å². The van der Waals surface area contributed by atoms with E-state index in [0.29, 0.717) is 5.69 Å². The fourth-order valence-electron chi connectivity index (χ4n) is 3.92. The molecule has 30 heavy (non-hydrogen) atoms. The average Bonchev–Trinajstić information content (AvgIpc) is 3.13. The number of carbonyl (C=O) groups excluding carboxylic acids is 1. The Bertz CT molecular complexity index is 983. The predicted molar refractivity (Wildman–Crippen MR) is 106 cm³/mol. The number of fused-ring (bicyclic) bond motifs is 1. The highest BCUT2D eigenvalue weighted by atomic mass is 19.1. The van der Waals surface area contributed by atoms with Gasteiger partial charge in [-0.3, -0.25) is 9.78 Å². The highest BCUT2D eigenvalue weighted by Crippen LogP contribution is 2.46. The molecule has 3 atom stereocenters. The maximum Gasteiger partial charge on any atom is 0.282 e. The molecule has 1 aromatic heterocycles. The molecule has 2 aliphatic heterocycles. The molecule has 2 aliphatic rings. The summed E-state index contributed by atoms with van der Waals surface area (Å²) in [6.07, 6.45) is 1.68. The Kier molecular flexibility index (Phi) is 5.38. The zero-order valence-corrected chi connectivity index (χ0v) is 16.4. The largest absolute Gasteiger partial charge is 0.465 e. The molecule has 158 valence electrons. The minimum Gasteiger partial charge on any atom is -0.465 e. The number of alkyl halides is 1. The number of pyridine rings is 1. The molecule has 2 aromatic rings. The van der Waals surface area contributed by atoms with E-state index in [1.54, 1.807) is 12.3 Å². The number of carbonyl (C=O) groups is 1. The van der Waals surface area contributed by atoms with Gasteiger partial charge in [0, 0.05) is 17.4 Å². The average molecular weight is 416 g/mol. The molecule has 0 saturated carbocycles. The minimum absolute atomic E-state index is 0.0370. The Morgan fingerprint density at radius 3 is 2.90 bits per heavy atom. The molecule has 0 radical (unpaired) electrons. The first-order chi connectivity index (χ1) is 14.5. The standard InChI is InChI=1S/C21H22F2N4O3/c1-2-12-3-6-17(25-9-12)19(28)26-13-4-5-16(23)14(7-13)21-11-30-18(8-22)15(21)10-29-20(24)27-21/h3-7,9,15,18H,2,8,10-11H2,1H3,(H2,24,27)(H,26,28). The highest BCUT2D eigenvalue weighted by molar-refractivity contribution is 6.02. The Hall–Kier alpha value is -3.07. The summed E-state index contributed by atoms with van der Waals surface area (Å²) in [4.78, 5) is 21.0. The van der Waals surface area contributed by atoms with Crippen molar-refractivity contribution in [3.63, 3.8) is 0 Å². The van der Waals surface area contributed by atoms with Gasteiger partial charge in [0.15, 0.2) is 0 Å². The molecule has 7 nitrogen and oxygen atoms in total. The van der Waals surface area contributed by atoms with Gasteiger partial charge in [-0.2, -0.15) is 0 Å². The Labute approximate surface area is 172 Å². The second-order valence-electron chi connectivity index (χ2n) is 7.35. The Balaban J connectivity index is 1.66. The van der Waals surface area contributed by atoms with Crippen LogP contribution in [0.2, 0.25) is 0 Å². The van der Waals surface area contributed by atoms with Crippen LogP contribution in [0.15, 0.2) is 41.5 Å². The number of aliphatic imine (C=N–C) groups is 1. The topological polar surface area (TPSA) is 98.8 Å². The van der Waals surface area contributed by atoms with E-state index in [1.165, 1.54) is 18.2 Å². The molecule has 1 saturated heterocycles. The normalized spacial score (nSPS) is 25.2. The summed E-state index contributed by atoms with van der Waals surface area (Å²) in [6, 6.07) is 7.50. The maximum atomic E-state index is 14.9. The summed E-state index contributed by atoms with van der Waals surface area (Å²) >= 11 is 0. The van der Waals surface area contributed by atoms with Crippen LogP contribution in [-0.4, -0.2) is 42.9 Å². The summed E-state index contributed by atoms with van der Waals surface area (Å²) in [5, 5.41) is 2.72. The number of halogens is 2. The van der Waals surface area contributed by atoms with Crippen LogP contribution in [0.25, 0.3) is 0 Å². The first-order valence-corrected chi connectivity index (χ1v) is 9.69. The number of aromatic nitrogens is 1. The van der Waals surface area contributed by atoms with Gasteiger partial charge < -0.3 is 20.5 Å². The van der Waals surface area contributed by atoms with Gasteiger partial charge in [-0.25, -0.2) is 13.8 Å². The van der Waals surface area contributed by atoms with Crippen molar-refractivity contribution in [3.05, 3.63) is 59.2 Å². The third-order valence-electron chi connectivity index (χ3n) is 5.61. The lowest BCUT2D eigenvalue weighted by molar-refractivity contribution is 0.0528. The number of nitrogens with zero attached hydrogens (tertiary/aromatic N) is 2. The van der Waals surface area contributed by atoms with Crippen LogP contribution < -0.4 is 11.1 Å². The number of nitrogens with two attached hydrogens (primary N) is 1. The van der Waals surface area contributed by atoms with E-state index < -0.39 is 36.0 Å². The Morgan fingerprint density at radius 2 is 2.20 bits per heavy atom. The number of nitrogens with one attached hydrogen (secondary N) is 1. The van der Waals surface area contributed by atoms with Gasteiger partial charge in [0.1, 0.15) is 23.7 Å². The zero-order chi connectivity index (χ0) is 21.3. The van der Waals surface area contributed by atoms with Gasteiger partial charge in [-0.15, -0.1) is 0 Å². The number of hydrogen-bond acceptors (Lipinski definition) is 6. The molecular formula is C21H22F2N4O3. The van der Waals surface area contributed by atoms with Crippen LogP contribution in [-0.2, 0) is 21.4 Å². The summed E-state index contributed by atoms with van der Waals surface area (Å²) in [5.74, 6) is -1.52. The lowest BCUT2D eigenvalue weighted by Gasteiger charge is -2.35. The monoisotopic (exact) mass is 416 g/mol. The second-order valence-corrected chi connectivity index (χ2v) is 7.35. The van der Waals surface area contributed by atoms with E-state index in [2.05, 4.69) is 15.3 Å². The highest BCUT2D eigenvalue weighted by Gasteiger charge is 2.55. The van der Waals surface area contributed by atoms with Crippen LogP contribution in [0.5, 0.6) is 0 Å². The maximum absolute atomic E-state index is 14.9. The molecule has 3 unspecified atom stereocenters. The molecule has 0 aliphatic carbocycles. The van der Waals surface area contributed by atoms with Gasteiger partial charge in [-0.1, -0.05) is 13.0 Å². The molecule has 9 heteroatoms. The molecular weight excluding hydrogens is 394 g/mol. The summed E-state index contributed by atoms with van der Waals surface area (Å²) in [6.45, 7) is 1.27. The summed E-state index contributed by atoms with van der Waals surface area (Å²) < 4.78 is 39.1. The van der Waals surface area contributed by atoms with Crippen molar-refractivity contribution < 1.29 is 23.0 Å². The lowest BCUT2D eigenvalue weighted by Crippen LogP contribution is -2.45. The first-order valence-electron chi connectivity index (χ1n) is 9.69. The zero-order valence-electron chi connectivity index (χ0n) is 16.4. The van der Waals surface area contributed by atoms with Crippen LogP contribution in [0.1, 0.15) is 28.5 Å². The fraction of sp³-hybridized carbons (Fsp3) is 0.381. The number of aryl methyl sites for hydroxylation is 1. The van der Waals surface area contributed by atoms with Crippen molar-refractivity contribution in [1.29, 1.82) is 0 Å². The van der Waals surface area contributed by atoms with E-state index in [9.17, 15) is 13.6 Å².